The van der Waals surface area contributed by atoms with Gasteiger partial charge in [-0.25, -0.2) is 9.97 Å². The van der Waals surface area contributed by atoms with E-state index in [9.17, 15) is 4.79 Å². The number of halogens is 1. The Morgan fingerprint density at radius 1 is 1.21 bits per heavy atom. The van der Waals surface area contributed by atoms with E-state index in [4.69, 9.17) is 16.1 Å². The second kappa shape index (κ2) is 6.67. The number of rotatable bonds is 4. The van der Waals surface area contributed by atoms with E-state index >= 15 is 0 Å². The molecule has 0 saturated heterocycles. The number of aromatic nitrogens is 3. The van der Waals surface area contributed by atoms with Crippen molar-refractivity contribution in [1.29, 1.82) is 0 Å². The maximum atomic E-state index is 12.1. The van der Waals surface area contributed by atoms with Crippen molar-refractivity contribution < 1.29 is 9.32 Å². The van der Waals surface area contributed by atoms with Crippen LogP contribution in [0, 0.1) is 13.8 Å². The molecule has 0 atom stereocenters. The Kier molecular flexibility index (Phi) is 4.43. The number of nitrogens with one attached hydrogen (secondary N) is 2. The summed E-state index contributed by atoms with van der Waals surface area (Å²) < 4.78 is 4.89. The van der Waals surface area contributed by atoms with E-state index in [-0.39, 0.29) is 5.91 Å². The molecule has 3 rings (SSSR count). The number of aryl methyl sites for hydroxylation is 1. The zero-order valence-electron chi connectivity index (χ0n) is 13.0. The lowest BCUT2D eigenvalue weighted by molar-refractivity contribution is 0.102. The van der Waals surface area contributed by atoms with E-state index in [0.29, 0.717) is 28.1 Å². The van der Waals surface area contributed by atoms with Crippen molar-refractivity contribution in [2.24, 2.45) is 0 Å². The molecular formula is C16H14ClN5O2. The van der Waals surface area contributed by atoms with Gasteiger partial charge < -0.3 is 15.2 Å². The van der Waals surface area contributed by atoms with E-state index in [0.717, 1.165) is 11.3 Å². The molecule has 1 amide bonds. The van der Waals surface area contributed by atoms with Crippen molar-refractivity contribution in [3.63, 3.8) is 0 Å². The van der Waals surface area contributed by atoms with Crippen LogP contribution in [0.5, 0.6) is 0 Å². The molecule has 2 N–H and O–H groups in total. The van der Waals surface area contributed by atoms with Gasteiger partial charge in [0.25, 0.3) is 5.91 Å². The second-order valence-corrected chi connectivity index (χ2v) is 5.52. The molecule has 1 aromatic carbocycles. The highest BCUT2D eigenvalue weighted by atomic mass is 35.5. The Hall–Kier alpha value is -2.93. The first-order chi connectivity index (χ1) is 11.5. The van der Waals surface area contributed by atoms with Gasteiger partial charge in [0, 0.05) is 29.2 Å². The molecule has 0 aliphatic heterocycles. The molecule has 0 aliphatic rings. The van der Waals surface area contributed by atoms with Crippen LogP contribution in [0.3, 0.4) is 0 Å². The van der Waals surface area contributed by atoms with Crippen LogP contribution in [0.2, 0.25) is 5.02 Å². The van der Waals surface area contributed by atoms with Gasteiger partial charge in [-0.05, 0) is 31.5 Å². The topological polar surface area (TPSA) is 92.9 Å². The van der Waals surface area contributed by atoms with Gasteiger partial charge in [0.1, 0.15) is 5.76 Å². The zero-order valence-corrected chi connectivity index (χ0v) is 13.8. The highest BCUT2D eigenvalue weighted by Gasteiger charge is 2.11. The molecule has 0 aliphatic carbocycles. The van der Waals surface area contributed by atoms with Gasteiger partial charge in [0.15, 0.2) is 5.82 Å². The van der Waals surface area contributed by atoms with Crippen LogP contribution in [0.15, 0.2) is 41.2 Å². The van der Waals surface area contributed by atoms with E-state index in [2.05, 4.69) is 25.8 Å². The van der Waals surface area contributed by atoms with E-state index in [1.165, 1.54) is 12.4 Å². The number of benzene rings is 1. The largest absolute Gasteiger partial charge is 0.360 e. The highest BCUT2D eigenvalue weighted by Crippen LogP contribution is 2.24. The fourth-order valence-corrected chi connectivity index (χ4v) is 2.16. The first kappa shape index (κ1) is 15.9. The minimum absolute atomic E-state index is 0.309. The number of carbonyl (C=O) groups excluding carboxylic acids is 1. The molecule has 0 radical (unpaired) electrons. The smallest absolute Gasteiger partial charge is 0.260 e. The molecule has 7 nitrogen and oxygen atoms in total. The van der Waals surface area contributed by atoms with Crippen LogP contribution >= 0.6 is 11.6 Å². The first-order valence-corrected chi connectivity index (χ1v) is 7.49. The van der Waals surface area contributed by atoms with Gasteiger partial charge in [-0.3, -0.25) is 4.79 Å². The molecule has 0 fully saturated rings. The van der Waals surface area contributed by atoms with Crippen LogP contribution in [-0.2, 0) is 0 Å². The van der Waals surface area contributed by atoms with Gasteiger partial charge in [-0.1, -0.05) is 22.8 Å². The van der Waals surface area contributed by atoms with Gasteiger partial charge in [0.05, 0.1) is 5.56 Å². The number of nitrogens with zero attached hydrogens (tertiary/aromatic N) is 3. The summed E-state index contributed by atoms with van der Waals surface area (Å²) in [5, 5.41) is 10.0. The summed E-state index contributed by atoms with van der Waals surface area (Å²) in [5.74, 6) is 0.954. The van der Waals surface area contributed by atoms with Crippen molar-refractivity contribution in [3.8, 4) is 0 Å². The molecule has 0 spiro atoms. The number of carbonyl (C=O) groups is 1. The lowest BCUT2D eigenvalue weighted by Gasteiger charge is -2.09. The predicted octanol–water partition coefficient (Wildman–Crippen LogP) is 3.73. The minimum Gasteiger partial charge on any atom is -0.360 e. The Labute approximate surface area is 143 Å². The molecule has 3 aromatic rings. The van der Waals surface area contributed by atoms with Crippen molar-refractivity contribution in [1.82, 2.24) is 15.1 Å². The molecule has 0 saturated carbocycles. The van der Waals surface area contributed by atoms with Crippen molar-refractivity contribution in [2.45, 2.75) is 13.8 Å². The molecule has 0 unspecified atom stereocenters. The Bertz CT molecular complexity index is 876. The Balaban J connectivity index is 1.71. The number of hydrogen-bond acceptors (Lipinski definition) is 6. The summed E-state index contributed by atoms with van der Waals surface area (Å²) in [7, 11) is 0. The normalized spacial score (nSPS) is 10.5. The molecule has 2 aromatic heterocycles. The van der Waals surface area contributed by atoms with Gasteiger partial charge in [-0.2, -0.15) is 0 Å². The molecule has 24 heavy (non-hydrogen) atoms. The standard InChI is InChI=1S/C16H14ClN5O2/c1-9-6-14(22-24-9)21-15(23)11-7-18-16(19-8-11)20-13-5-3-4-12(17)10(13)2/h3-8H,1-2H3,(H,18,19,20)(H,21,22,23). The molecule has 0 bridgehead atoms. The number of anilines is 3. The van der Waals surface area contributed by atoms with E-state index in [1.54, 1.807) is 13.0 Å². The molecule has 122 valence electrons. The van der Waals surface area contributed by atoms with Crippen LogP contribution in [0.4, 0.5) is 17.5 Å². The summed E-state index contributed by atoms with van der Waals surface area (Å²) in [6.45, 7) is 3.64. The van der Waals surface area contributed by atoms with Crippen molar-refractivity contribution >= 4 is 35.0 Å². The van der Waals surface area contributed by atoms with Gasteiger partial charge in [0.2, 0.25) is 5.95 Å². The van der Waals surface area contributed by atoms with Crippen LogP contribution in [0.1, 0.15) is 21.7 Å². The monoisotopic (exact) mass is 343 g/mol. The lowest BCUT2D eigenvalue weighted by atomic mass is 10.2. The quantitative estimate of drug-likeness (QED) is 0.749. The van der Waals surface area contributed by atoms with Gasteiger partial charge in [-0.15, -0.1) is 0 Å². The third-order valence-corrected chi connectivity index (χ3v) is 3.71. The minimum atomic E-state index is -0.367. The fraction of sp³-hybridized carbons (Fsp3) is 0.125. The number of hydrogen-bond donors (Lipinski definition) is 2. The molecule has 2 heterocycles. The third-order valence-electron chi connectivity index (χ3n) is 3.30. The average Bonchev–Trinajstić information content (AvgIpc) is 2.97. The molecular weight excluding hydrogens is 330 g/mol. The number of amides is 1. The van der Waals surface area contributed by atoms with Crippen LogP contribution in [-0.4, -0.2) is 21.0 Å². The summed E-state index contributed by atoms with van der Waals surface area (Å²) >= 11 is 6.08. The second-order valence-electron chi connectivity index (χ2n) is 5.11. The Morgan fingerprint density at radius 2 is 1.96 bits per heavy atom. The highest BCUT2D eigenvalue weighted by molar-refractivity contribution is 6.31. The molecule has 8 heteroatoms. The lowest BCUT2D eigenvalue weighted by Crippen LogP contribution is -2.13. The van der Waals surface area contributed by atoms with Gasteiger partial charge >= 0.3 is 0 Å². The summed E-state index contributed by atoms with van der Waals surface area (Å²) in [4.78, 5) is 20.4. The fourth-order valence-electron chi connectivity index (χ4n) is 1.99. The zero-order chi connectivity index (χ0) is 17.1. The maximum Gasteiger partial charge on any atom is 0.260 e. The average molecular weight is 344 g/mol. The van der Waals surface area contributed by atoms with Crippen LogP contribution in [0.25, 0.3) is 0 Å². The predicted molar refractivity (Wildman–Crippen MR) is 90.7 cm³/mol. The Morgan fingerprint density at radius 3 is 2.62 bits per heavy atom. The first-order valence-electron chi connectivity index (χ1n) is 7.12. The summed E-state index contributed by atoms with van der Waals surface area (Å²) in [5.41, 5.74) is 2.01. The van der Waals surface area contributed by atoms with Crippen LogP contribution < -0.4 is 10.6 Å². The summed E-state index contributed by atoms with van der Waals surface area (Å²) in [6.07, 6.45) is 2.86. The van der Waals surface area contributed by atoms with E-state index < -0.39 is 0 Å². The summed E-state index contributed by atoms with van der Waals surface area (Å²) in [6, 6.07) is 7.13. The van der Waals surface area contributed by atoms with E-state index in [1.807, 2.05) is 25.1 Å². The SMILES string of the molecule is Cc1cc(NC(=O)c2cnc(Nc3cccc(Cl)c3C)nc2)no1. The maximum absolute atomic E-state index is 12.1. The third kappa shape index (κ3) is 3.52. The van der Waals surface area contributed by atoms with Crippen molar-refractivity contribution in [3.05, 3.63) is 58.6 Å². The van der Waals surface area contributed by atoms with Crippen molar-refractivity contribution in [2.75, 3.05) is 10.6 Å².